The Balaban J connectivity index is 1.55. The molecule has 0 amide bonds. The molecule has 0 bridgehead atoms. The van der Waals surface area contributed by atoms with Crippen LogP contribution >= 0.6 is 0 Å². The highest BCUT2D eigenvalue weighted by molar-refractivity contribution is 5.25. The quantitative estimate of drug-likeness (QED) is 0.906. The van der Waals surface area contributed by atoms with Crippen molar-refractivity contribution in [3.63, 3.8) is 0 Å². The molecule has 0 radical (unpaired) electrons. The first-order valence-electron chi connectivity index (χ1n) is 8.55. The minimum atomic E-state index is -0.175. The van der Waals surface area contributed by atoms with Crippen LogP contribution in [-0.2, 0) is 11.2 Å². The van der Waals surface area contributed by atoms with Crippen LogP contribution in [0.5, 0.6) is 0 Å². The van der Waals surface area contributed by atoms with Crippen molar-refractivity contribution in [1.82, 2.24) is 0 Å². The van der Waals surface area contributed by atoms with E-state index < -0.39 is 0 Å². The van der Waals surface area contributed by atoms with E-state index in [-0.39, 0.29) is 11.7 Å². The maximum Gasteiger partial charge on any atom is 0.0686 e. The fourth-order valence-corrected chi connectivity index (χ4v) is 4.19. The zero-order valence-corrected chi connectivity index (χ0v) is 13.2. The SMILES string of the molecule is Cc1ccccc1CCC(O)C1CCOC2(CCCC2)C1. The molecule has 2 unspecified atom stereocenters. The lowest BCUT2D eigenvalue weighted by Gasteiger charge is -2.40. The second kappa shape index (κ2) is 6.50. The van der Waals surface area contributed by atoms with Crippen molar-refractivity contribution in [3.8, 4) is 0 Å². The van der Waals surface area contributed by atoms with Gasteiger partial charge in [0.1, 0.15) is 0 Å². The van der Waals surface area contributed by atoms with E-state index in [1.54, 1.807) is 0 Å². The lowest BCUT2D eigenvalue weighted by molar-refractivity contribution is -0.113. The van der Waals surface area contributed by atoms with Gasteiger partial charge in [0.05, 0.1) is 11.7 Å². The Morgan fingerprint density at radius 3 is 2.81 bits per heavy atom. The summed E-state index contributed by atoms with van der Waals surface area (Å²) in [6, 6.07) is 8.52. The van der Waals surface area contributed by atoms with Crippen LogP contribution < -0.4 is 0 Å². The molecule has 1 aliphatic carbocycles. The zero-order valence-electron chi connectivity index (χ0n) is 13.2. The van der Waals surface area contributed by atoms with Crippen LogP contribution in [0.4, 0.5) is 0 Å². The molecule has 2 fully saturated rings. The van der Waals surface area contributed by atoms with Crippen LogP contribution in [0.15, 0.2) is 24.3 Å². The van der Waals surface area contributed by atoms with Crippen LogP contribution in [0.25, 0.3) is 0 Å². The Morgan fingerprint density at radius 1 is 1.29 bits per heavy atom. The molecule has 2 aliphatic rings. The number of aliphatic hydroxyl groups is 1. The molecule has 2 atom stereocenters. The number of hydrogen-bond acceptors (Lipinski definition) is 2. The Bertz CT molecular complexity index is 462. The average Bonchev–Trinajstić information content (AvgIpc) is 2.94. The lowest BCUT2D eigenvalue weighted by Crippen LogP contribution is -2.41. The molecular weight excluding hydrogens is 260 g/mol. The predicted molar refractivity (Wildman–Crippen MR) is 85.4 cm³/mol. The summed E-state index contributed by atoms with van der Waals surface area (Å²) >= 11 is 0. The Morgan fingerprint density at radius 2 is 2.05 bits per heavy atom. The molecule has 0 aromatic heterocycles. The molecule has 21 heavy (non-hydrogen) atoms. The maximum atomic E-state index is 10.6. The minimum Gasteiger partial charge on any atom is -0.393 e. The Hall–Kier alpha value is -0.860. The number of ether oxygens (including phenoxy) is 1. The summed E-state index contributed by atoms with van der Waals surface area (Å²) < 4.78 is 6.08. The highest BCUT2D eigenvalue weighted by Crippen LogP contribution is 2.43. The van der Waals surface area contributed by atoms with Crippen LogP contribution in [0.3, 0.4) is 0 Å². The van der Waals surface area contributed by atoms with Crippen LogP contribution in [-0.4, -0.2) is 23.4 Å². The largest absolute Gasteiger partial charge is 0.393 e. The molecule has 2 nitrogen and oxygen atoms in total. The van der Waals surface area contributed by atoms with E-state index in [0.29, 0.717) is 5.92 Å². The van der Waals surface area contributed by atoms with Crippen molar-refractivity contribution in [2.45, 2.75) is 70.0 Å². The molecule has 1 aliphatic heterocycles. The van der Waals surface area contributed by atoms with Crippen molar-refractivity contribution in [2.24, 2.45) is 5.92 Å². The average molecular weight is 288 g/mol. The van der Waals surface area contributed by atoms with Gasteiger partial charge in [0, 0.05) is 6.61 Å². The minimum absolute atomic E-state index is 0.118. The van der Waals surface area contributed by atoms with E-state index in [0.717, 1.165) is 32.3 Å². The highest BCUT2D eigenvalue weighted by atomic mass is 16.5. The first-order chi connectivity index (χ1) is 10.2. The van der Waals surface area contributed by atoms with Crippen molar-refractivity contribution >= 4 is 0 Å². The predicted octanol–water partition coefficient (Wildman–Crippen LogP) is 4.03. The fraction of sp³-hybridized carbons (Fsp3) is 0.684. The van der Waals surface area contributed by atoms with Gasteiger partial charge in [0.15, 0.2) is 0 Å². The normalized spacial score (nSPS) is 26.1. The third kappa shape index (κ3) is 3.49. The number of rotatable bonds is 4. The van der Waals surface area contributed by atoms with Gasteiger partial charge in [-0.15, -0.1) is 0 Å². The van der Waals surface area contributed by atoms with E-state index >= 15 is 0 Å². The van der Waals surface area contributed by atoms with Gasteiger partial charge < -0.3 is 9.84 Å². The molecule has 116 valence electrons. The van der Waals surface area contributed by atoms with Crippen LogP contribution in [0.2, 0.25) is 0 Å². The number of hydrogen-bond donors (Lipinski definition) is 1. The van der Waals surface area contributed by atoms with E-state index in [2.05, 4.69) is 31.2 Å². The zero-order chi connectivity index (χ0) is 14.7. The van der Waals surface area contributed by atoms with Crippen molar-refractivity contribution in [3.05, 3.63) is 35.4 Å². The lowest BCUT2D eigenvalue weighted by atomic mass is 9.80. The first-order valence-corrected chi connectivity index (χ1v) is 8.55. The molecule has 1 spiro atoms. The monoisotopic (exact) mass is 288 g/mol. The summed E-state index contributed by atoms with van der Waals surface area (Å²) in [5, 5.41) is 10.6. The molecule has 1 saturated heterocycles. The number of aryl methyl sites for hydroxylation is 2. The van der Waals surface area contributed by atoms with Gasteiger partial charge in [-0.25, -0.2) is 0 Å². The fourth-order valence-electron chi connectivity index (χ4n) is 4.19. The molecular formula is C19H28O2. The molecule has 1 saturated carbocycles. The maximum absolute atomic E-state index is 10.6. The van der Waals surface area contributed by atoms with Gasteiger partial charge in [0.25, 0.3) is 0 Å². The van der Waals surface area contributed by atoms with Gasteiger partial charge in [-0.3, -0.25) is 0 Å². The molecule has 1 aromatic rings. The van der Waals surface area contributed by atoms with E-state index in [1.165, 1.54) is 36.8 Å². The first kappa shape index (κ1) is 15.1. The molecule has 2 heteroatoms. The van der Waals surface area contributed by atoms with E-state index in [9.17, 15) is 5.11 Å². The van der Waals surface area contributed by atoms with Crippen LogP contribution in [0, 0.1) is 12.8 Å². The van der Waals surface area contributed by atoms with Crippen molar-refractivity contribution in [2.75, 3.05) is 6.61 Å². The third-order valence-corrected chi connectivity index (χ3v) is 5.56. The Labute approximate surface area is 128 Å². The summed E-state index contributed by atoms with van der Waals surface area (Å²) in [6.45, 7) is 3.00. The van der Waals surface area contributed by atoms with Crippen molar-refractivity contribution < 1.29 is 9.84 Å². The van der Waals surface area contributed by atoms with Gasteiger partial charge in [-0.05, 0) is 62.5 Å². The molecule has 3 rings (SSSR count). The third-order valence-electron chi connectivity index (χ3n) is 5.56. The van der Waals surface area contributed by atoms with Crippen molar-refractivity contribution in [1.29, 1.82) is 0 Å². The molecule has 1 N–H and O–H groups in total. The summed E-state index contributed by atoms with van der Waals surface area (Å²) in [6.07, 6.45) is 8.79. The smallest absolute Gasteiger partial charge is 0.0686 e. The van der Waals surface area contributed by atoms with Gasteiger partial charge in [-0.2, -0.15) is 0 Å². The second-order valence-corrected chi connectivity index (χ2v) is 7.02. The van der Waals surface area contributed by atoms with E-state index in [1.807, 2.05) is 0 Å². The van der Waals surface area contributed by atoms with Gasteiger partial charge >= 0.3 is 0 Å². The van der Waals surface area contributed by atoms with E-state index in [4.69, 9.17) is 4.74 Å². The number of benzene rings is 1. The topological polar surface area (TPSA) is 29.5 Å². The highest BCUT2D eigenvalue weighted by Gasteiger charge is 2.41. The standard InChI is InChI=1S/C19H28O2/c1-15-6-2-3-7-16(15)8-9-18(20)17-10-13-21-19(14-17)11-4-5-12-19/h2-3,6-7,17-18,20H,4-5,8-14H2,1H3. The van der Waals surface area contributed by atoms with Gasteiger partial charge in [-0.1, -0.05) is 37.1 Å². The summed E-state index contributed by atoms with van der Waals surface area (Å²) in [5.41, 5.74) is 2.83. The summed E-state index contributed by atoms with van der Waals surface area (Å²) in [5.74, 6) is 0.431. The molecule has 1 heterocycles. The van der Waals surface area contributed by atoms with Crippen LogP contribution in [0.1, 0.15) is 56.1 Å². The summed E-state index contributed by atoms with van der Waals surface area (Å²) in [7, 11) is 0. The Kier molecular flexibility index (Phi) is 4.66. The summed E-state index contributed by atoms with van der Waals surface area (Å²) in [4.78, 5) is 0. The second-order valence-electron chi connectivity index (χ2n) is 7.02. The number of aliphatic hydroxyl groups excluding tert-OH is 1. The van der Waals surface area contributed by atoms with Gasteiger partial charge in [0.2, 0.25) is 0 Å². The molecule has 1 aromatic carbocycles.